The van der Waals surface area contributed by atoms with E-state index in [9.17, 15) is 29.0 Å². The van der Waals surface area contributed by atoms with Crippen molar-refractivity contribution in [1.82, 2.24) is 16.0 Å². The highest BCUT2D eigenvalue weighted by Crippen LogP contribution is 2.25. The minimum atomic E-state index is -1.16. The topological polar surface area (TPSA) is 152 Å². The van der Waals surface area contributed by atoms with E-state index in [-0.39, 0.29) is 34.4 Å². The molecule has 1 heterocycles. The van der Waals surface area contributed by atoms with Crippen LogP contribution in [0.3, 0.4) is 0 Å². The number of guanidine groups is 1. The van der Waals surface area contributed by atoms with Crippen LogP contribution < -0.4 is 21.3 Å². The highest BCUT2D eigenvalue weighted by Gasteiger charge is 2.20. The highest BCUT2D eigenvalue weighted by molar-refractivity contribution is 6.34. The van der Waals surface area contributed by atoms with Gasteiger partial charge in [0.05, 0.1) is 32.1 Å². The van der Waals surface area contributed by atoms with Gasteiger partial charge in [0.25, 0.3) is 5.91 Å². The van der Waals surface area contributed by atoms with Crippen LogP contribution in [0, 0.1) is 0 Å². The van der Waals surface area contributed by atoms with E-state index in [0.717, 1.165) is 0 Å². The summed E-state index contributed by atoms with van der Waals surface area (Å²) in [6, 6.07) is 7.48. The first kappa shape index (κ1) is 26.0. The number of halogens is 3. The summed E-state index contributed by atoms with van der Waals surface area (Å²) in [4.78, 5) is 40.2. The van der Waals surface area contributed by atoms with Crippen molar-refractivity contribution < 1.29 is 29.0 Å². The molecule has 1 aliphatic heterocycles. The van der Waals surface area contributed by atoms with Crippen molar-refractivity contribution in [2.75, 3.05) is 25.0 Å². The van der Waals surface area contributed by atoms with Crippen molar-refractivity contribution in [3.63, 3.8) is 0 Å². The van der Waals surface area contributed by atoms with Gasteiger partial charge in [0.1, 0.15) is 11.9 Å². The molecule has 0 saturated heterocycles. The standard InChI is InChI=1S/C22H22Cl2FN5O5/c23-13-1-11(2-14(24)5-13)18(7-20(33)34)30-19(32)10-26-21(35)12-3-16(6-17(31)4-12)29-22-27-8-15(25)9-28-22/h1-6,15,18,31H,7-10H2,(H,26,35)(H,30,32)(H,33,34)(H2,27,28,29)/t18-/m1/s1. The van der Waals surface area contributed by atoms with Crippen molar-refractivity contribution in [1.29, 1.82) is 0 Å². The lowest BCUT2D eigenvalue weighted by Crippen LogP contribution is -2.41. The molecule has 186 valence electrons. The number of carbonyl (C=O) groups excluding carboxylic acids is 2. The molecule has 0 spiro atoms. The summed E-state index contributed by atoms with van der Waals surface area (Å²) in [5.74, 6) is -2.40. The van der Waals surface area contributed by atoms with E-state index in [1.165, 1.54) is 36.4 Å². The van der Waals surface area contributed by atoms with Crippen LogP contribution in [0.25, 0.3) is 0 Å². The Balaban J connectivity index is 1.63. The molecule has 0 fully saturated rings. The highest BCUT2D eigenvalue weighted by atomic mass is 35.5. The predicted octanol–water partition coefficient (Wildman–Crippen LogP) is 2.47. The lowest BCUT2D eigenvalue weighted by molar-refractivity contribution is -0.137. The van der Waals surface area contributed by atoms with Gasteiger partial charge in [0.15, 0.2) is 5.96 Å². The van der Waals surface area contributed by atoms with E-state index in [4.69, 9.17) is 23.2 Å². The Morgan fingerprint density at radius 2 is 1.86 bits per heavy atom. The van der Waals surface area contributed by atoms with Crippen molar-refractivity contribution in [3.05, 3.63) is 57.6 Å². The number of aliphatic imine (C=N–C) groups is 1. The second-order valence-electron chi connectivity index (χ2n) is 7.66. The third kappa shape index (κ3) is 8.01. The summed E-state index contributed by atoms with van der Waals surface area (Å²) < 4.78 is 13.2. The maximum Gasteiger partial charge on any atom is 0.305 e. The molecule has 2 amide bonds. The average Bonchev–Trinajstić information content (AvgIpc) is 2.77. The summed E-state index contributed by atoms with van der Waals surface area (Å²) in [5.41, 5.74) is 0.762. The third-order valence-electron chi connectivity index (χ3n) is 4.79. The summed E-state index contributed by atoms with van der Waals surface area (Å²) >= 11 is 12.0. The van der Waals surface area contributed by atoms with Gasteiger partial charge in [-0.15, -0.1) is 0 Å². The van der Waals surface area contributed by atoms with E-state index in [0.29, 0.717) is 17.2 Å². The fourth-order valence-electron chi connectivity index (χ4n) is 3.26. The van der Waals surface area contributed by atoms with Crippen LogP contribution in [-0.2, 0) is 9.59 Å². The number of phenols is 1. The number of hydrogen-bond acceptors (Lipinski definition) is 7. The summed E-state index contributed by atoms with van der Waals surface area (Å²) in [6.07, 6.45) is -1.53. The molecule has 0 aromatic heterocycles. The second kappa shape index (κ2) is 11.7. The summed E-state index contributed by atoms with van der Waals surface area (Å²) in [7, 11) is 0. The number of rotatable bonds is 8. The van der Waals surface area contributed by atoms with Gasteiger partial charge in [-0.05, 0) is 35.9 Å². The number of carboxylic acids is 1. The molecule has 3 rings (SSSR count). The Bertz CT molecular complexity index is 1140. The minimum absolute atomic E-state index is 0.0130. The SMILES string of the molecule is O=C(O)C[C@@H](NC(=O)CNC(=O)c1cc(O)cc(NC2=NCC(F)CN2)c1)c1cc(Cl)cc(Cl)c1. The molecule has 2 aromatic rings. The van der Waals surface area contributed by atoms with Gasteiger partial charge in [-0.25, -0.2) is 9.38 Å². The lowest BCUT2D eigenvalue weighted by Gasteiger charge is -2.19. The number of hydrogen-bond donors (Lipinski definition) is 6. The number of carboxylic acid groups (broad SMARTS) is 1. The number of alkyl halides is 1. The molecule has 0 radical (unpaired) electrons. The number of anilines is 1. The van der Waals surface area contributed by atoms with E-state index in [1.807, 2.05) is 0 Å². The maximum atomic E-state index is 13.2. The zero-order chi connectivity index (χ0) is 25.5. The number of nitrogens with zero attached hydrogens (tertiary/aromatic N) is 1. The molecule has 13 heteroatoms. The van der Waals surface area contributed by atoms with E-state index in [1.54, 1.807) is 0 Å². The van der Waals surface area contributed by atoms with Gasteiger partial charge in [0.2, 0.25) is 5.91 Å². The van der Waals surface area contributed by atoms with Gasteiger partial charge >= 0.3 is 5.97 Å². The van der Waals surface area contributed by atoms with Crippen molar-refractivity contribution in [2.24, 2.45) is 4.99 Å². The maximum absolute atomic E-state index is 13.2. The van der Waals surface area contributed by atoms with Gasteiger partial charge in [-0.1, -0.05) is 23.2 Å². The molecule has 0 saturated carbocycles. The van der Waals surface area contributed by atoms with Crippen LogP contribution in [0.4, 0.5) is 10.1 Å². The molecule has 2 atom stereocenters. The summed E-state index contributed by atoms with van der Waals surface area (Å²) in [5, 5.41) is 30.3. The number of carbonyl (C=O) groups is 3. The van der Waals surface area contributed by atoms with Crippen molar-refractivity contribution in [2.45, 2.75) is 18.6 Å². The fourth-order valence-corrected chi connectivity index (χ4v) is 3.81. The molecular weight excluding hydrogens is 504 g/mol. The van der Waals surface area contributed by atoms with Gasteiger partial charge in [0, 0.05) is 27.4 Å². The predicted molar refractivity (Wildman–Crippen MR) is 129 cm³/mol. The minimum Gasteiger partial charge on any atom is -0.508 e. The number of aliphatic carboxylic acids is 1. The van der Waals surface area contributed by atoms with Crippen LogP contribution in [0.1, 0.15) is 28.4 Å². The smallest absolute Gasteiger partial charge is 0.305 e. The van der Waals surface area contributed by atoms with Crippen molar-refractivity contribution in [3.8, 4) is 5.75 Å². The van der Waals surface area contributed by atoms with Crippen LogP contribution in [-0.4, -0.2) is 59.8 Å². The van der Waals surface area contributed by atoms with Crippen LogP contribution in [0.2, 0.25) is 10.0 Å². The van der Waals surface area contributed by atoms with Gasteiger partial charge < -0.3 is 31.5 Å². The van der Waals surface area contributed by atoms with Crippen LogP contribution in [0.5, 0.6) is 5.75 Å². The molecule has 0 aliphatic carbocycles. The Morgan fingerprint density at radius 1 is 1.14 bits per heavy atom. The summed E-state index contributed by atoms with van der Waals surface area (Å²) in [6.45, 7) is -0.397. The first-order valence-electron chi connectivity index (χ1n) is 10.4. The molecule has 1 aliphatic rings. The zero-order valence-electron chi connectivity index (χ0n) is 18.1. The number of aromatic hydroxyl groups is 1. The normalized spacial score (nSPS) is 15.9. The quantitative estimate of drug-likeness (QED) is 0.309. The molecule has 0 bridgehead atoms. The third-order valence-corrected chi connectivity index (χ3v) is 5.23. The monoisotopic (exact) mass is 525 g/mol. The lowest BCUT2D eigenvalue weighted by atomic mass is 10.0. The largest absolute Gasteiger partial charge is 0.508 e. The Morgan fingerprint density at radius 3 is 2.49 bits per heavy atom. The van der Waals surface area contributed by atoms with Crippen LogP contribution in [0.15, 0.2) is 41.4 Å². The molecule has 35 heavy (non-hydrogen) atoms. The second-order valence-corrected chi connectivity index (χ2v) is 8.54. The first-order chi connectivity index (χ1) is 16.6. The van der Waals surface area contributed by atoms with E-state index < -0.39 is 43.0 Å². The molecule has 10 nitrogen and oxygen atoms in total. The van der Waals surface area contributed by atoms with Crippen LogP contribution >= 0.6 is 23.2 Å². The Kier molecular flexibility index (Phi) is 8.72. The number of benzene rings is 2. The molecular formula is C22H22Cl2FN5O5. The zero-order valence-corrected chi connectivity index (χ0v) is 19.7. The average molecular weight is 526 g/mol. The molecule has 2 aromatic carbocycles. The van der Waals surface area contributed by atoms with E-state index >= 15 is 0 Å². The number of nitrogens with one attached hydrogen (secondary N) is 4. The Labute approximate surface area is 209 Å². The number of phenolic OH excluding ortho intramolecular Hbond substituents is 1. The van der Waals surface area contributed by atoms with Gasteiger partial charge in [-0.3, -0.25) is 14.4 Å². The number of amides is 2. The Hall–Kier alpha value is -3.57. The van der Waals surface area contributed by atoms with Crippen molar-refractivity contribution >= 4 is 52.6 Å². The first-order valence-corrected chi connectivity index (χ1v) is 11.1. The fraction of sp³-hybridized carbons (Fsp3) is 0.273. The van der Waals surface area contributed by atoms with Gasteiger partial charge in [-0.2, -0.15) is 0 Å². The van der Waals surface area contributed by atoms with E-state index in [2.05, 4.69) is 26.3 Å². The molecule has 1 unspecified atom stereocenters. The molecule has 6 N–H and O–H groups in total.